The van der Waals surface area contributed by atoms with Crippen LogP contribution in [0.1, 0.15) is 18.9 Å². The third-order valence-electron chi connectivity index (χ3n) is 3.63. The van der Waals surface area contributed by atoms with E-state index in [9.17, 15) is 9.50 Å². The van der Waals surface area contributed by atoms with Gasteiger partial charge in [-0.3, -0.25) is 0 Å². The number of aliphatic hydroxyl groups is 1. The first kappa shape index (κ1) is 12.8. The van der Waals surface area contributed by atoms with E-state index in [-0.39, 0.29) is 10.9 Å². The number of halogens is 2. The van der Waals surface area contributed by atoms with Crippen LogP contribution in [-0.4, -0.2) is 23.8 Å². The van der Waals surface area contributed by atoms with Gasteiger partial charge in [-0.05, 0) is 30.5 Å². The Morgan fingerprint density at radius 1 is 1.59 bits per heavy atom. The molecular formula is C13H17ClFNO. The molecule has 0 spiro atoms. The lowest BCUT2D eigenvalue weighted by atomic mass is 9.78. The standard InChI is InChI=1S/C13H17ClFNO/c1-9-8-16-6-5-13(9,17)7-10-3-2-4-11(15)12(10)14/h2-4,9,16-17H,5-8H2,1H3. The Hall–Kier alpha value is -0.640. The summed E-state index contributed by atoms with van der Waals surface area (Å²) in [6, 6.07) is 4.74. The highest BCUT2D eigenvalue weighted by atomic mass is 35.5. The molecule has 1 aliphatic heterocycles. The van der Waals surface area contributed by atoms with Crippen LogP contribution in [0, 0.1) is 11.7 Å². The highest BCUT2D eigenvalue weighted by molar-refractivity contribution is 6.31. The number of piperidine rings is 1. The van der Waals surface area contributed by atoms with Crippen molar-refractivity contribution in [3.8, 4) is 0 Å². The van der Waals surface area contributed by atoms with Gasteiger partial charge in [0.25, 0.3) is 0 Å². The number of rotatable bonds is 2. The van der Waals surface area contributed by atoms with Crippen LogP contribution in [0.2, 0.25) is 5.02 Å². The van der Waals surface area contributed by atoms with Gasteiger partial charge in [-0.15, -0.1) is 0 Å². The van der Waals surface area contributed by atoms with E-state index >= 15 is 0 Å². The zero-order chi connectivity index (χ0) is 12.5. The summed E-state index contributed by atoms with van der Waals surface area (Å²) in [4.78, 5) is 0. The van der Waals surface area contributed by atoms with Crippen molar-refractivity contribution in [2.75, 3.05) is 13.1 Å². The van der Waals surface area contributed by atoms with Gasteiger partial charge in [0, 0.05) is 13.0 Å². The second-order valence-electron chi connectivity index (χ2n) is 4.85. The van der Waals surface area contributed by atoms with Crippen LogP contribution in [-0.2, 0) is 6.42 Å². The predicted molar refractivity (Wildman–Crippen MR) is 66.7 cm³/mol. The fourth-order valence-electron chi connectivity index (χ4n) is 2.34. The molecule has 1 aromatic rings. The van der Waals surface area contributed by atoms with E-state index in [0.717, 1.165) is 13.1 Å². The maximum absolute atomic E-state index is 13.3. The van der Waals surface area contributed by atoms with E-state index in [4.69, 9.17) is 11.6 Å². The molecule has 0 saturated carbocycles. The van der Waals surface area contributed by atoms with Gasteiger partial charge in [0.1, 0.15) is 5.82 Å². The van der Waals surface area contributed by atoms with Crippen molar-refractivity contribution < 1.29 is 9.50 Å². The van der Waals surface area contributed by atoms with Crippen molar-refractivity contribution in [3.05, 3.63) is 34.6 Å². The molecular weight excluding hydrogens is 241 g/mol. The molecule has 2 unspecified atom stereocenters. The third-order valence-corrected chi connectivity index (χ3v) is 4.05. The molecule has 0 aromatic heterocycles. The quantitative estimate of drug-likeness (QED) is 0.853. The first-order valence-electron chi connectivity index (χ1n) is 5.89. The molecule has 2 N–H and O–H groups in total. The second-order valence-corrected chi connectivity index (χ2v) is 5.23. The van der Waals surface area contributed by atoms with Gasteiger partial charge >= 0.3 is 0 Å². The van der Waals surface area contributed by atoms with Crippen LogP contribution in [0.5, 0.6) is 0 Å². The SMILES string of the molecule is CC1CNCCC1(O)Cc1cccc(F)c1Cl. The van der Waals surface area contributed by atoms with Crippen molar-refractivity contribution in [3.63, 3.8) is 0 Å². The maximum Gasteiger partial charge on any atom is 0.142 e. The van der Waals surface area contributed by atoms with Gasteiger partial charge < -0.3 is 10.4 Å². The fourth-order valence-corrected chi connectivity index (χ4v) is 2.53. The average Bonchev–Trinajstić information content (AvgIpc) is 2.29. The molecule has 2 atom stereocenters. The number of hydrogen-bond acceptors (Lipinski definition) is 2. The number of hydrogen-bond donors (Lipinski definition) is 2. The molecule has 0 amide bonds. The van der Waals surface area contributed by atoms with Crippen LogP contribution in [0.3, 0.4) is 0 Å². The van der Waals surface area contributed by atoms with Crippen LogP contribution in [0.25, 0.3) is 0 Å². The molecule has 1 aromatic carbocycles. The summed E-state index contributed by atoms with van der Waals surface area (Å²) in [6.45, 7) is 3.57. The molecule has 1 saturated heterocycles. The third kappa shape index (κ3) is 2.62. The van der Waals surface area contributed by atoms with Gasteiger partial charge in [0.15, 0.2) is 0 Å². The minimum atomic E-state index is -0.789. The van der Waals surface area contributed by atoms with E-state index in [1.54, 1.807) is 12.1 Å². The van der Waals surface area contributed by atoms with E-state index in [2.05, 4.69) is 5.32 Å². The fraction of sp³-hybridized carbons (Fsp3) is 0.538. The van der Waals surface area contributed by atoms with Crippen molar-refractivity contribution >= 4 is 11.6 Å². The summed E-state index contributed by atoms with van der Waals surface area (Å²) >= 11 is 5.92. The Kier molecular flexibility index (Phi) is 3.71. The van der Waals surface area contributed by atoms with Crippen molar-refractivity contribution in [1.29, 1.82) is 0 Å². The predicted octanol–water partition coefficient (Wildman–Crippen LogP) is 2.38. The first-order chi connectivity index (χ1) is 8.03. The normalized spacial score (nSPS) is 29.3. The highest BCUT2D eigenvalue weighted by Crippen LogP contribution is 2.31. The molecule has 17 heavy (non-hydrogen) atoms. The van der Waals surface area contributed by atoms with E-state index in [1.807, 2.05) is 6.92 Å². The Morgan fingerprint density at radius 3 is 3.06 bits per heavy atom. The smallest absolute Gasteiger partial charge is 0.142 e. The summed E-state index contributed by atoms with van der Waals surface area (Å²) in [6.07, 6.45) is 1.08. The molecule has 4 heteroatoms. The Morgan fingerprint density at radius 2 is 2.35 bits per heavy atom. The molecule has 0 bridgehead atoms. The molecule has 1 heterocycles. The van der Waals surface area contributed by atoms with E-state index < -0.39 is 11.4 Å². The monoisotopic (exact) mass is 257 g/mol. The zero-order valence-electron chi connectivity index (χ0n) is 9.84. The molecule has 94 valence electrons. The molecule has 1 fully saturated rings. The maximum atomic E-state index is 13.3. The molecule has 0 radical (unpaired) electrons. The first-order valence-corrected chi connectivity index (χ1v) is 6.27. The minimum absolute atomic E-state index is 0.131. The Bertz CT molecular complexity index is 412. The number of nitrogens with one attached hydrogen (secondary N) is 1. The molecule has 1 aliphatic rings. The summed E-state index contributed by atoms with van der Waals surface area (Å²) < 4.78 is 13.3. The van der Waals surface area contributed by atoms with E-state index in [1.165, 1.54) is 6.07 Å². The molecule has 2 rings (SSSR count). The topological polar surface area (TPSA) is 32.3 Å². The zero-order valence-corrected chi connectivity index (χ0v) is 10.6. The van der Waals surface area contributed by atoms with Crippen molar-refractivity contribution in [1.82, 2.24) is 5.32 Å². The second kappa shape index (κ2) is 4.92. The van der Waals surface area contributed by atoms with Gasteiger partial charge in [0.2, 0.25) is 0 Å². The van der Waals surface area contributed by atoms with Crippen LogP contribution in [0.4, 0.5) is 4.39 Å². The Labute approximate surface area is 106 Å². The lowest BCUT2D eigenvalue weighted by molar-refractivity contribution is -0.0329. The Balaban J connectivity index is 2.22. The largest absolute Gasteiger partial charge is 0.389 e. The van der Waals surface area contributed by atoms with Gasteiger partial charge in [-0.1, -0.05) is 30.7 Å². The molecule has 0 aliphatic carbocycles. The lowest BCUT2D eigenvalue weighted by Gasteiger charge is -2.39. The van der Waals surface area contributed by atoms with Crippen molar-refractivity contribution in [2.24, 2.45) is 5.92 Å². The van der Waals surface area contributed by atoms with Gasteiger partial charge in [-0.25, -0.2) is 4.39 Å². The average molecular weight is 258 g/mol. The van der Waals surface area contributed by atoms with Gasteiger partial charge in [0.05, 0.1) is 10.6 Å². The van der Waals surface area contributed by atoms with Crippen molar-refractivity contribution in [2.45, 2.75) is 25.4 Å². The highest BCUT2D eigenvalue weighted by Gasteiger charge is 2.36. The molecule has 2 nitrogen and oxygen atoms in total. The lowest BCUT2D eigenvalue weighted by Crippen LogP contribution is -2.50. The number of benzene rings is 1. The van der Waals surface area contributed by atoms with E-state index in [0.29, 0.717) is 18.4 Å². The summed E-state index contributed by atoms with van der Waals surface area (Å²) in [5.74, 6) is -0.287. The van der Waals surface area contributed by atoms with Crippen LogP contribution < -0.4 is 5.32 Å². The summed E-state index contributed by atoms with van der Waals surface area (Å²) in [5, 5.41) is 14.0. The van der Waals surface area contributed by atoms with Gasteiger partial charge in [-0.2, -0.15) is 0 Å². The van der Waals surface area contributed by atoms with Crippen LogP contribution in [0.15, 0.2) is 18.2 Å². The minimum Gasteiger partial charge on any atom is -0.389 e. The summed E-state index contributed by atoms with van der Waals surface area (Å²) in [5.41, 5.74) is -0.106. The van der Waals surface area contributed by atoms with Crippen LogP contribution >= 0.6 is 11.6 Å². The summed E-state index contributed by atoms with van der Waals surface area (Å²) in [7, 11) is 0.